The maximum atomic E-state index is 13.1. The van der Waals surface area contributed by atoms with E-state index in [1.165, 1.54) is 12.1 Å². The average molecular weight is 281 g/mol. The monoisotopic (exact) mass is 280 g/mol. The van der Waals surface area contributed by atoms with Crippen molar-refractivity contribution in [3.05, 3.63) is 52.5 Å². The molecular formula is C12H10BrFN2. The van der Waals surface area contributed by atoms with Gasteiger partial charge in [0.05, 0.1) is 10.2 Å². The first-order chi connectivity index (χ1) is 7.66. The Balaban J connectivity index is 2.34. The second-order valence-electron chi connectivity index (χ2n) is 3.44. The van der Waals surface area contributed by atoms with Gasteiger partial charge >= 0.3 is 0 Å². The molecule has 1 heterocycles. The number of pyridine rings is 1. The quantitative estimate of drug-likeness (QED) is 0.898. The van der Waals surface area contributed by atoms with Gasteiger partial charge in [0.2, 0.25) is 0 Å². The molecule has 2 aromatic rings. The minimum Gasteiger partial charge on any atom is -0.354 e. The average Bonchev–Trinajstić information content (AvgIpc) is 2.27. The third kappa shape index (κ3) is 2.39. The van der Waals surface area contributed by atoms with Crippen LogP contribution >= 0.6 is 15.9 Å². The van der Waals surface area contributed by atoms with E-state index in [0.29, 0.717) is 0 Å². The van der Waals surface area contributed by atoms with E-state index < -0.39 is 0 Å². The highest BCUT2D eigenvalue weighted by molar-refractivity contribution is 9.10. The molecule has 0 fully saturated rings. The summed E-state index contributed by atoms with van der Waals surface area (Å²) in [5, 5.41) is 3.15. The SMILES string of the molecule is Cc1ccc(F)cc1Nc1ccncc1Br. The second kappa shape index (κ2) is 4.61. The van der Waals surface area contributed by atoms with Crippen LogP contribution in [0.25, 0.3) is 0 Å². The van der Waals surface area contributed by atoms with Gasteiger partial charge in [0, 0.05) is 18.1 Å². The Hall–Kier alpha value is -1.42. The van der Waals surface area contributed by atoms with Gasteiger partial charge in [-0.15, -0.1) is 0 Å². The molecule has 1 aromatic carbocycles. The number of anilines is 2. The first-order valence-corrected chi connectivity index (χ1v) is 5.59. The molecule has 0 atom stereocenters. The Morgan fingerprint density at radius 2 is 2.06 bits per heavy atom. The van der Waals surface area contributed by atoms with Gasteiger partial charge in [0.1, 0.15) is 5.82 Å². The number of aryl methyl sites for hydroxylation is 1. The van der Waals surface area contributed by atoms with E-state index in [4.69, 9.17) is 0 Å². The first-order valence-electron chi connectivity index (χ1n) is 4.79. The van der Waals surface area contributed by atoms with Gasteiger partial charge in [0.15, 0.2) is 0 Å². The maximum absolute atomic E-state index is 13.1. The molecule has 0 saturated carbocycles. The summed E-state index contributed by atoms with van der Waals surface area (Å²) in [6.07, 6.45) is 3.37. The molecule has 82 valence electrons. The van der Waals surface area contributed by atoms with Crippen molar-refractivity contribution in [2.24, 2.45) is 0 Å². The molecular weight excluding hydrogens is 271 g/mol. The van der Waals surface area contributed by atoms with Crippen LogP contribution in [0.2, 0.25) is 0 Å². The van der Waals surface area contributed by atoms with Crippen LogP contribution in [0.15, 0.2) is 41.1 Å². The summed E-state index contributed by atoms with van der Waals surface area (Å²) < 4.78 is 13.9. The summed E-state index contributed by atoms with van der Waals surface area (Å²) in [4.78, 5) is 3.97. The number of aromatic nitrogens is 1. The summed E-state index contributed by atoms with van der Waals surface area (Å²) in [7, 11) is 0. The Morgan fingerprint density at radius 1 is 1.25 bits per heavy atom. The maximum Gasteiger partial charge on any atom is 0.125 e. The molecule has 0 aliphatic carbocycles. The van der Waals surface area contributed by atoms with Crippen LogP contribution in [-0.2, 0) is 0 Å². The number of rotatable bonds is 2. The third-order valence-corrected chi connectivity index (χ3v) is 2.87. The Kier molecular flexibility index (Phi) is 3.19. The van der Waals surface area contributed by atoms with Crippen molar-refractivity contribution in [3.8, 4) is 0 Å². The number of nitrogens with one attached hydrogen (secondary N) is 1. The van der Waals surface area contributed by atoms with E-state index in [9.17, 15) is 4.39 Å². The lowest BCUT2D eigenvalue weighted by molar-refractivity contribution is 0.628. The van der Waals surface area contributed by atoms with Crippen molar-refractivity contribution >= 4 is 27.3 Å². The van der Waals surface area contributed by atoms with E-state index in [2.05, 4.69) is 26.2 Å². The second-order valence-corrected chi connectivity index (χ2v) is 4.29. The number of halogens is 2. The zero-order valence-electron chi connectivity index (χ0n) is 8.67. The van der Waals surface area contributed by atoms with Crippen LogP contribution in [0.5, 0.6) is 0 Å². The largest absolute Gasteiger partial charge is 0.354 e. The molecule has 4 heteroatoms. The number of benzene rings is 1. The summed E-state index contributed by atoms with van der Waals surface area (Å²) in [5.74, 6) is -0.252. The molecule has 16 heavy (non-hydrogen) atoms. The van der Waals surface area contributed by atoms with E-state index >= 15 is 0 Å². The molecule has 0 saturated heterocycles. The van der Waals surface area contributed by atoms with Crippen molar-refractivity contribution in [2.75, 3.05) is 5.32 Å². The molecule has 0 aliphatic heterocycles. The molecule has 1 N–H and O–H groups in total. The van der Waals surface area contributed by atoms with Gasteiger partial charge in [0.25, 0.3) is 0 Å². The summed E-state index contributed by atoms with van der Waals surface area (Å²) in [5.41, 5.74) is 2.61. The van der Waals surface area contributed by atoms with Crippen LogP contribution in [0.1, 0.15) is 5.56 Å². The molecule has 2 nitrogen and oxygen atoms in total. The van der Waals surface area contributed by atoms with Crippen LogP contribution in [0.4, 0.5) is 15.8 Å². The van der Waals surface area contributed by atoms with E-state index in [1.807, 2.05) is 13.0 Å². The summed E-state index contributed by atoms with van der Waals surface area (Å²) in [6.45, 7) is 1.93. The van der Waals surface area contributed by atoms with Gasteiger partial charge in [-0.05, 0) is 46.6 Å². The lowest BCUT2D eigenvalue weighted by Crippen LogP contribution is -1.95. The minimum atomic E-state index is -0.252. The Labute approximate surface area is 102 Å². The Morgan fingerprint density at radius 3 is 2.81 bits per heavy atom. The number of hydrogen-bond acceptors (Lipinski definition) is 2. The fraction of sp³-hybridized carbons (Fsp3) is 0.0833. The van der Waals surface area contributed by atoms with Gasteiger partial charge in [-0.1, -0.05) is 6.07 Å². The zero-order chi connectivity index (χ0) is 11.5. The highest BCUT2D eigenvalue weighted by Gasteiger charge is 2.03. The highest BCUT2D eigenvalue weighted by atomic mass is 79.9. The smallest absolute Gasteiger partial charge is 0.125 e. The zero-order valence-corrected chi connectivity index (χ0v) is 10.3. The molecule has 1 aromatic heterocycles. The molecule has 0 amide bonds. The normalized spacial score (nSPS) is 10.2. The lowest BCUT2D eigenvalue weighted by Gasteiger charge is -2.10. The highest BCUT2D eigenvalue weighted by Crippen LogP contribution is 2.26. The summed E-state index contributed by atoms with van der Waals surface area (Å²) >= 11 is 3.38. The van der Waals surface area contributed by atoms with E-state index in [0.717, 1.165) is 21.4 Å². The predicted molar refractivity (Wildman–Crippen MR) is 66.4 cm³/mol. The van der Waals surface area contributed by atoms with Crippen molar-refractivity contribution in [1.29, 1.82) is 0 Å². The molecule has 0 radical (unpaired) electrons. The topological polar surface area (TPSA) is 24.9 Å². The number of nitrogens with zero attached hydrogens (tertiary/aromatic N) is 1. The fourth-order valence-corrected chi connectivity index (χ4v) is 1.70. The van der Waals surface area contributed by atoms with Crippen molar-refractivity contribution < 1.29 is 4.39 Å². The van der Waals surface area contributed by atoms with Crippen molar-refractivity contribution in [1.82, 2.24) is 4.98 Å². The Bertz CT molecular complexity index is 514. The summed E-state index contributed by atoms with van der Waals surface area (Å²) in [6, 6.07) is 6.49. The van der Waals surface area contributed by atoms with Gasteiger partial charge in [-0.25, -0.2) is 4.39 Å². The van der Waals surface area contributed by atoms with Gasteiger partial charge in [-0.2, -0.15) is 0 Å². The van der Waals surface area contributed by atoms with Crippen LogP contribution in [0, 0.1) is 12.7 Å². The first kappa shape index (κ1) is 11.1. The van der Waals surface area contributed by atoms with E-state index in [1.54, 1.807) is 18.5 Å². The molecule has 0 spiro atoms. The molecule has 2 rings (SSSR count). The molecule has 0 aliphatic rings. The van der Waals surface area contributed by atoms with Gasteiger partial charge < -0.3 is 5.32 Å². The minimum absolute atomic E-state index is 0.252. The van der Waals surface area contributed by atoms with E-state index in [-0.39, 0.29) is 5.82 Å². The van der Waals surface area contributed by atoms with Crippen molar-refractivity contribution in [3.63, 3.8) is 0 Å². The van der Waals surface area contributed by atoms with Crippen molar-refractivity contribution in [2.45, 2.75) is 6.92 Å². The van der Waals surface area contributed by atoms with Crippen LogP contribution in [0.3, 0.4) is 0 Å². The third-order valence-electron chi connectivity index (χ3n) is 2.24. The lowest BCUT2D eigenvalue weighted by atomic mass is 10.2. The fourth-order valence-electron chi connectivity index (χ4n) is 1.35. The molecule has 0 unspecified atom stereocenters. The van der Waals surface area contributed by atoms with Gasteiger partial charge in [-0.3, -0.25) is 4.98 Å². The number of hydrogen-bond donors (Lipinski definition) is 1. The molecule has 0 bridgehead atoms. The van der Waals surface area contributed by atoms with Crippen LogP contribution < -0.4 is 5.32 Å². The predicted octanol–water partition coefficient (Wildman–Crippen LogP) is 4.04. The van der Waals surface area contributed by atoms with Crippen LogP contribution in [-0.4, -0.2) is 4.98 Å². The standard InChI is InChI=1S/C12H10BrFN2/c1-8-2-3-9(14)6-12(8)16-11-4-5-15-7-10(11)13/h2-7H,1H3,(H,15,16).